The Morgan fingerprint density at radius 3 is 2.67 bits per heavy atom. The lowest BCUT2D eigenvalue weighted by molar-refractivity contribution is -0.122. The lowest BCUT2D eigenvalue weighted by Gasteiger charge is -2.21. The van der Waals surface area contributed by atoms with E-state index in [9.17, 15) is 9.90 Å². The Labute approximate surface area is 92.2 Å². The van der Waals surface area contributed by atoms with Gasteiger partial charge in [-0.15, -0.1) is 0 Å². The predicted molar refractivity (Wildman–Crippen MR) is 61.4 cm³/mol. The number of nitrogens with two attached hydrogens (primary N) is 1. The molecule has 0 spiro atoms. The number of aliphatic hydroxyl groups is 1. The smallest absolute Gasteiger partial charge is 0.220 e. The molecule has 0 aliphatic rings. The van der Waals surface area contributed by atoms with Crippen molar-refractivity contribution >= 4 is 5.91 Å². The molecular weight excluding hydrogens is 192 g/mol. The number of carbonyl (C=O) groups is 1. The third-order valence-corrected chi connectivity index (χ3v) is 2.49. The van der Waals surface area contributed by atoms with Crippen LogP contribution in [0.1, 0.15) is 46.5 Å². The summed E-state index contributed by atoms with van der Waals surface area (Å²) in [5.41, 5.74) is 4.78. The first-order valence-electron chi connectivity index (χ1n) is 5.62. The molecule has 0 radical (unpaired) electrons. The molecule has 0 aliphatic heterocycles. The standard InChI is InChI=1S/C11H24N2O2/c1-4-11(3,15)8-13-10(14)7-5-6-9(2)12/h9,15H,4-8,12H2,1-3H3,(H,13,14). The van der Waals surface area contributed by atoms with Gasteiger partial charge >= 0.3 is 0 Å². The van der Waals surface area contributed by atoms with Gasteiger partial charge in [-0.1, -0.05) is 6.92 Å². The first-order valence-corrected chi connectivity index (χ1v) is 5.62. The first kappa shape index (κ1) is 14.4. The highest BCUT2D eigenvalue weighted by Gasteiger charge is 2.17. The highest BCUT2D eigenvalue weighted by atomic mass is 16.3. The molecule has 0 fully saturated rings. The Morgan fingerprint density at radius 1 is 1.60 bits per heavy atom. The molecule has 0 saturated heterocycles. The van der Waals surface area contributed by atoms with Crippen LogP contribution in [0.3, 0.4) is 0 Å². The first-order chi connectivity index (χ1) is 6.87. The fourth-order valence-corrected chi connectivity index (χ4v) is 1.09. The van der Waals surface area contributed by atoms with E-state index in [0.29, 0.717) is 19.4 Å². The van der Waals surface area contributed by atoms with E-state index in [4.69, 9.17) is 5.73 Å². The van der Waals surface area contributed by atoms with E-state index in [1.165, 1.54) is 0 Å². The number of hydrogen-bond donors (Lipinski definition) is 3. The molecule has 0 rings (SSSR count). The zero-order valence-electron chi connectivity index (χ0n) is 10.0. The summed E-state index contributed by atoms with van der Waals surface area (Å²) < 4.78 is 0. The molecule has 4 heteroatoms. The van der Waals surface area contributed by atoms with E-state index < -0.39 is 5.60 Å². The highest BCUT2D eigenvalue weighted by Crippen LogP contribution is 2.06. The van der Waals surface area contributed by atoms with Gasteiger partial charge in [-0.3, -0.25) is 4.79 Å². The van der Waals surface area contributed by atoms with Crippen LogP contribution in [-0.4, -0.2) is 29.2 Å². The van der Waals surface area contributed by atoms with Crippen LogP contribution in [0.15, 0.2) is 0 Å². The molecule has 0 saturated carbocycles. The summed E-state index contributed by atoms with van der Waals surface area (Å²) in [5.74, 6) is -0.00984. The maximum Gasteiger partial charge on any atom is 0.220 e. The zero-order chi connectivity index (χ0) is 11.9. The van der Waals surface area contributed by atoms with Gasteiger partial charge in [0.2, 0.25) is 5.91 Å². The van der Waals surface area contributed by atoms with Gasteiger partial charge in [-0.2, -0.15) is 0 Å². The van der Waals surface area contributed by atoms with Crippen molar-refractivity contribution in [3.63, 3.8) is 0 Å². The average molecular weight is 216 g/mol. The minimum absolute atomic E-state index is 0.00984. The van der Waals surface area contributed by atoms with Crippen molar-refractivity contribution in [2.45, 2.75) is 58.1 Å². The molecule has 2 unspecified atom stereocenters. The van der Waals surface area contributed by atoms with Crippen LogP contribution >= 0.6 is 0 Å². The summed E-state index contributed by atoms with van der Waals surface area (Å²) in [6, 6.07) is 0.150. The summed E-state index contributed by atoms with van der Waals surface area (Å²) in [6.45, 7) is 5.86. The molecular formula is C11H24N2O2. The van der Waals surface area contributed by atoms with Gasteiger partial charge in [-0.05, 0) is 33.1 Å². The lowest BCUT2D eigenvalue weighted by Crippen LogP contribution is -2.40. The number of carbonyl (C=O) groups excluding carboxylic acids is 1. The van der Waals surface area contributed by atoms with E-state index in [-0.39, 0.29) is 11.9 Å². The zero-order valence-corrected chi connectivity index (χ0v) is 10.0. The van der Waals surface area contributed by atoms with Crippen molar-refractivity contribution in [1.82, 2.24) is 5.32 Å². The summed E-state index contributed by atoms with van der Waals surface area (Å²) in [4.78, 5) is 11.3. The van der Waals surface area contributed by atoms with Crippen LogP contribution < -0.4 is 11.1 Å². The van der Waals surface area contributed by atoms with Crippen molar-refractivity contribution in [3.05, 3.63) is 0 Å². The van der Waals surface area contributed by atoms with Gasteiger partial charge < -0.3 is 16.2 Å². The summed E-state index contributed by atoms with van der Waals surface area (Å²) in [7, 11) is 0. The Kier molecular flexibility index (Phi) is 6.52. The fraction of sp³-hybridized carbons (Fsp3) is 0.909. The van der Waals surface area contributed by atoms with Crippen LogP contribution in [0.5, 0.6) is 0 Å². The Balaban J connectivity index is 3.58. The van der Waals surface area contributed by atoms with Gasteiger partial charge in [0.1, 0.15) is 0 Å². The molecule has 15 heavy (non-hydrogen) atoms. The molecule has 0 aliphatic carbocycles. The minimum Gasteiger partial charge on any atom is -0.388 e. The van der Waals surface area contributed by atoms with Crippen LogP contribution in [0.25, 0.3) is 0 Å². The van der Waals surface area contributed by atoms with Gasteiger partial charge in [0, 0.05) is 19.0 Å². The van der Waals surface area contributed by atoms with Crippen LogP contribution in [-0.2, 0) is 4.79 Å². The summed E-state index contributed by atoms with van der Waals surface area (Å²) >= 11 is 0. The Hall–Kier alpha value is -0.610. The monoisotopic (exact) mass is 216 g/mol. The van der Waals surface area contributed by atoms with Crippen molar-refractivity contribution in [1.29, 1.82) is 0 Å². The fourth-order valence-electron chi connectivity index (χ4n) is 1.09. The molecule has 2 atom stereocenters. The maximum atomic E-state index is 11.3. The predicted octanol–water partition coefficient (Wildman–Crippen LogP) is 0.781. The van der Waals surface area contributed by atoms with Crippen molar-refractivity contribution in [2.75, 3.05) is 6.54 Å². The second kappa shape index (κ2) is 6.80. The summed E-state index contributed by atoms with van der Waals surface area (Å²) in [5, 5.41) is 12.4. The van der Waals surface area contributed by atoms with Gasteiger partial charge in [0.05, 0.1) is 5.60 Å². The molecule has 0 heterocycles. The normalized spacial score (nSPS) is 16.9. The number of nitrogens with one attached hydrogen (secondary N) is 1. The third kappa shape index (κ3) is 8.39. The quantitative estimate of drug-likeness (QED) is 0.588. The van der Waals surface area contributed by atoms with Crippen molar-refractivity contribution in [2.24, 2.45) is 5.73 Å². The second-order valence-electron chi connectivity index (χ2n) is 4.50. The highest BCUT2D eigenvalue weighted by molar-refractivity contribution is 5.75. The molecule has 0 aromatic rings. The SMILES string of the molecule is CCC(C)(O)CNC(=O)CCCC(C)N. The molecule has 4 N–H and O–H groups in total. The van der Waals surface area contributed by atoms with Crippen molar-refractivity contribution in [3.8, 4) is 0 Å². The number of hydrogen-bond acceptors (Lipinski definition) is 3. The second-order valence-corrected chi connectivity index (χ2v) is 4.50. The van der Waals surface area contributed by atoms with E-state index >= 15 is 0 Å². The Morgan fingerprint density at radius 2 is 2.20 bits per heavy atom. The largest absolute Gasteiger partial charge is 0.388 e. The van der Waals surface area contributed by atoms with Crippen LogP contribution in [0, 0.1) is 0 Å². The van der Waals surface area contributed by atoms with Gasteiger partial charge in [-0.25, -0.2) is 0 Å². The van der Waals surface area contributed by atoms with Gasteiger partial charge in [0.15, 0.2) is 0 Å². The van der Waals surface area contributed by atoms with E-state index in [1.807, 2.05) is 13.8 Å². The molecule has 0 bridgehead atoms. The molecule has 0 aromatic heterocycles. The molecule has 0 aromatic carbocycles. The lowest BCUT2D eigenvalue weighted by atomic mass is 10.0. The summed E-state index contributed by atoms with van der Waals surface area (Å²) in [6.07, 6.45) is 2.78. The maximum absolute atomic E-state index is 11.3. The molecule has 90 valence electrons. The topological polar surface area (TPSA) is 75.3 Å². The van der Waals surface area contributed by atoms with Crippen molar-refractivity contribution < 1.29 is 9.90 Å². The molecule has 1 amide bonds. The number of amides is 1. The van der Waals surface area contributed by atoms with E-state index in [0.717, 1.165) is 12.8 Å². The Bertz CT molecular complexity index is 191. The van der Waals surface area contributed by atoms with Crippen LogP contribution in [0.4, 0.5) is 0 Å². The number of rotatable bonds is 7. The van der Waals surface area contributed by atoms with Crippen LogP contribution in [0.2, 0.25) is 0 Å². The average Bonchev–Trinajstić information content (AvgIpc) is 2.14. The molecule has 4 nitrogen and oxygen atoms in total. The van der Waals surface area contributed by atoms with E-state index in [1.54, 1.807) is 6.92 Å². The third-order valence-electron chi connectivity index (χ3n) is 2.49. The minimum atomic E-state index is -0.795. The van der Waals surface area contributed by atoms with E-state index in [2.05, 4.69) is 5.32 Å². The van der Waals surface area contributed by atoms with Gasteiger partial charge in [0.25, 0.3) is 0 Å².